The van der Waals surface area contributed by atoms with Gasteiger partial charge in [0, 0.05) is 16.1 Å². The molecule has 2 nitrogen and oxygen atoms in total. The van der Waals surface area contributed by atoms with E-state index in [0.717, 1.165) is 12.1 Å². The molecule has 0 saturated carbocycles. The summed E-state index contributed by atoms with van der Waals surface area (Å²) in [4.78, 5) is 12.1. The number of hydrogen-bond donors (Lipinski definition) is 0. The normalized spacial score (nSPS) is 11.8. The second kappa shape index (κ2) is 7.22. The Labute approximate surface area is 152 Å². The van der Waals surface area contributed by atoms with Gasteiger partial charge < -0.3 is 4.42 Å². The van der Waals surface area contributed by atoms with Gasteiger partial charge in [-0.05, 0) is 60.7 Å². The summed E-state index contributed by atoms with van der Waals surface area (Å²) in [6.07, 6.45) is -1.62. The number of alkyl halides is 3. The molecule has 0 aliphatic carbocycles. The predicted molar refractivity (Wildman–Crippen MR) is 94.0 cm³/mol. The Hall–Kier alpha value is -2.79. The molecule has 0 spiro atoms. The minimum absolute atomic E-state index is 0.237. The largest absolute Gasteiger partial charge is 0.457 e. The van der Waals surface area contributed by atoms with Gasteiger partial charge in [-0.2, -0.15) is 13.2 Å². The van der Waals surface area contributed by atoms with Crippen LogP contribution in [0.5, 0.6) is 0 Å². The van der Waals surface area contributed by atoms with Crippen LogP contribution in [0.4, 0.5) is 13.2 Å². The van der Waals surface area contributed by atoms with E-state index in [1.807, 2.05) is 0 Å². The van der Waals surface area contributed by atoms with Crippen molar-refractivity contribution in [2.45, 2.75) is 6.18 Å². The first-order valence-corrected chi connectivity index (χ1v) is 7.96. The fourth-order valence-electron chi connectivity index (χ4n) is 2.31. The number of halogens is 4. The summed E-state index contributed by atoms with van der Waals surface area (Å²) in [6.45, 7) is 0. The Morgan fingerprint density at radius 3 is 2.42 bits per heavy atom. The van der Waals surface area contributed by atoms with Gasteiger partial charge in [0.15, 0.2) is 5.78 Å². The number of rotatable bonds is 4. The van der Waals surface area contributed by atoms with E-state index in [-0.39, 0.29) is 11.5 Å². The first kappa shape index (κ1) is 18.0. The second-order valence-electron chi connectivity index (χ2n) is 5.49. The van der Waals surface area contributed by atoms with Gasteiger partial charge in [-0.3, -0.25) is 4.79 Å². The number of carbonyl (C=O) groups is 1. The molecule has 0 aliphatic heterocycles. The molecule has 0 amide bonds. The summed E-state index contributed by atoms with van der Waals surface area (Å²) >= 11 is 5.77. The van der Waals surface area contributed by atoms with Crippen LogP contribution in [0.2, 0.25) is 5.02 Å². The lowest BCUT2D eigenvalue weighted by molar-refractivity contribution is -0.137. The third kappa shape index (κ3) is 4.24. The SMILES string of the molecule is O=C(/C=C/c1ccc(-c2cccc(C(F)(F)F)c2)o1)c1ccc(Cl)cc1. The zero-order valence-electron chi connectivity index (χ0n) is 13.3. The first-order chi connectivity index (χ1) is 12.3. The maximum atomic E-state index is 12.8. The Kier molecular flexibility index (Phi) is 5.00. The Morgan fingerprint density at radius 2 is 1.73 bits per heavy atom. The van der Waals surface area contributed by atoms with Crippen molar-refractivity contribution in [1.29, 1.82) is 0 Å². The van der Waals surface area contributed by atoms with Crippen LogP contribution >= 0.6 is 11.6 Å². The van der Waals surface area contributed by atoms with Crippen molar-refractivity contribution in [2.75, 3.05) is 0 Å². The van der Waals surface area contributed by atoms with Crippen molar-refractivity contribution in [3.63, 3.8) is 0 Å². The molecule has 6 heteroatoms. The molecule has 3 rings (SSSR count). The highest BCUT2D eigenvalue weighted by Gasteiger charge is 2.30. The van der Waals surface area contributed by atoms with E-state index in [4.69, 9.17) is 16.0 Å². The molecule has 0 bridgehead atoms. The lowest BCUT2D eigenvalue weighted by Gasteiger charge is -2.07. The zero-order chi connectivity index (χ0) is 18.7. The number of furan rings is 1. The third-order valence-corrected chi connectivity index (χ3v) is 3.88. The van der Waals surface area contributed by atoms with Gasteiger partial charge >= 0.3 is 6.18 Å². The van der Waals surface area contributed by atoms with E-state index < -0.39 is 11.7 Å². The third-order valence-electron chi connectivity index (χ3n) is 3.63. The minimum atomic E-state index is -4.42. The lowest BCUT2D eigenvalue weighted by atomic mass is 10.1. The molecule has 0 aliphatic rings. The maximum absolute atomic E-state index is 12.8. The van der Waals surface area contributed by atoms with Crippen LogP contribution in [0.15, 0.2) is 71.2 Å². The van der Waals surface area contributed by atoms with Gasteiger partial charge in [0.25, 0.3) is 0 Å². The van der Waals surface area contributed by atoms with E-state index in [0.29, 0.717) is 21.9 Å². The standard InChI is InChI=1S/C20H12ClF3O2/c21-16-6-4-13(5-7-16)18(25)10-8-17-9-11-19(26-17)14-2-1-3-15(12-14)20(22,23)24/h1-12H/b10-8+. The molecule has 0 N–H and O–H groups in total. The summed E-state index contributed by atoms with van der Waals surface area (Å²) in [5.74, 6) is 0.410. The van der Waals surface area contributed by atoms with E-state index in [1.165, 1.54) is 24.3 Å². The number of carbonyl (C=O) groups excluding carboxylic acids is 1. The maximum Gasteiger partial charge on any atom is 0.416 e. The Balaban J connectivity index is 1.78. The summed E-state index contributed by atoms with van der Waals surface area (Å²) in [7, 11) is 0. The summed E-state index contributed by atoms with van der Waals surface area (Å²) < 4.78 is 43.9. The Bertz CT molecular complexity index is 954. The highest BCUT2D eigenvalue weighted by Crippen LogP contribution is 2.32. The molecule has 26 heavy (non-hydrogen) atoms. The minimum Gasteiger partial charge on any atom is -0.457 e. The van der Waals surface area contributed by atoms with E-state index >= 15 is 0 Å². The molecule has 3 aromatic rings. The van der Waals surface area contributed by atoms with Crippen molar-refractivity contribution >= 4 is 23.5 Å². The van der Waals surface area contributed by atoms with Gasteiger partial charge in [0.2, 0.25) is 0 Å². The second-order valence-corrected chi connectivity index (χ2v) is 5.92. The monoisotopic (exact) mass is 376 g/mol. The van der Waals surface area contributed by atoms with Crippen LogP contribution in [0.1, 0.15) is 21.7 Å². The van der Waals surface area contributed by atoms with Gasteiger partial charge in [0.1, 0.15) is 11.5 Å². The quantitative estimate of drug-likeness (QED) is 0.383. The number of hydrogen-bond acceptors (Lipinski definition) is 2. The lowest BCUT2D eigenvalue weighted by Crippen LogP contribution is -2.04. The van der Waals surface area contributed by atoms with Crippen LogP contribution < -0.4 is 0 Å². The zero-order valence-corrected chi connectivity index (χ0v) is 14.0. The van der Waals surface area contributed by atoms with E-state index in [9.17, 15) is 18.0 Å². The summed E-state index contributed by atoms with van der Waals surface area (Å²) in [5, 5.41) is 0.530. The van der Waals surface area contributed by atoms with Gasteiger partial charge in [0.05, 0.1) is 5.56 Å². The van der Waals surface area contributed by atoms with Crippen molar-refractivity contribution in [3.05, 3.63) is 88.6 Å². The van der Waals surface area contributed by atoms with Gasteiger partial charge in [-0.15, -0.1) is 0 Å². The number of ketones is 1. The highest BCUT2D eigenvalue weighted by molar-refractivity contribution is 6.30. The van der Waals surface area contributed by atoms with Crippen molar-refractivity contribution < 1.29 is 22.4 Å². The Morgan fingerprint density at radius 1 is 1.00 bits per heavy atom. The van der Waals surface area contributed by atoms with E-state index in [1.54, 1.807) is 36.4 Å². The molecule has 132 valence electrons. The molecule has 0 radical (unpaired) electrons. The molecule has 0 saturated heterocycles. The van der Waals surface area contributed by atoms with Crippen LogP contribution in [0.25, 0.3) is 17.4 Å². The topological polar surface area (TPSA) is 30.2 Å². The van der Waals surface area contributed by atoms with Gasteiger partial charge in [-0.1, -0.05) is 23.7 Å². The fourth-order valence-corrected chi connectivity index (χ4v) is 2.44. The first-order valence-electron chi connectivity index (χ1n) is 7.58. The van der Waals surface area contributed by atoms with E-state index in [2.05, 4.69) is 0 Å². The highest BCUT2D eigenvalue weighted by atomic mass is 35.5. The fraction of sp³-hybridized carbons (Fsp3) is 0.0500. The molecular weight excluding hydrogens is 365 g/mol. The molecule has 0 atom stereocenters. The average molecular weight is 377 g/mol. The van der Waals surface area contributed by atoms with Crippen molar-refractivity contribution in [3.8, 4) is 11.3 Å². The van der Waals surface area contributed by atoms with Crippen LogP contribution in [0.3, 0.4) is 0 Å². The molecule has 0 unspecified atom stereocenters. The predicted octanol–water partition coefficient (Wildman–Crippen LogP) is 6.51. The number of benzene rings is 2. The number of allylic oxidation sites excluding steroid dienone is 1. The average Bonchev–Trinajstić information content (AvgIpc) is 3.09. The molecule has 0 fully saturated rings. The molecular formula is C20H12ClF3O2. The van der Waals surface area contributed by atoms with Crippen LogP contribution in [0, 0.1) is 0 Å². The summed E-state index contributed by atoms with van der Waals surface area (Å²) in [6, 6.07) is 14.4. The van der Waals surface area contributed by atoms with Crippen LogP contribution in [-0.4, -0.2) is 5.78 Å². The smallest absolute Gasteiger partial charge is 0.416 e. The molecule has 1 heterocycles. The van der Waals surface area contributed by atoms with Crippen molar-refractivity contribution in [1.82, 2.24) is 0 Å². The molecule has 2 aromatic carbocycles. The van der Waals surface area contributed by atoms with Gasteiger partial charge in [-0.25, -0.2) is 0 Å². The molecule has 1 aromatic heterocycles. The summed E-state index contributed by atoms with van der Waals surface area (Å²) in [5.41, 5.74) is 0.0280. The van der Waals surface area contributed by atoms with Crippen LogP contribution in [-0.2, 0) is 6.18 Å². The van der Waals surface area contributed by atoms with Crippen molar-refractivity contribution in [2.24, 2.45) is 0 Å².